The molecule has 1 aliphatic heterocycles. The Bertz CT molecular complexity index is 736. The summed E-state index contributed by atoms with van der Waals surface area (Å²) in [5.41, 5.74) is 2.94. The van der Waals surface area contributed by atoms with Gasteiger partial charge in [0, 0.05) is 30.4 Å². The van der Waals surface area contributed by atoms with Gasteiger partial charge in [-0.05, 0) is 44.5 Å². The van der Waals surface area contributed by atoms with E-state index in [4.69, 9.17) is 0 Å². The highest BCUT2D eigenvalue weighted by molar-refractivity contribution is 5.97. The molecule has 1 N–H and O–H groups in total. The third-order valence-electron chi connectivity index (χ3n) is 4.87. The molecule has 1 saturated heterocycles. The number of benzene rings is 1. The van der Waals surface area contributed by atoms with Crippen LogP contribution in [0.3, 0.4) is 0 Å². The first-order valence-electron chi connectivity index (χ1n) is 9.10. The van der Waals surface area contributed by atoms with Gasteiger partial charge < -0.3 is 5.32 Å². The summed E-state index contributed by atoms with van der Waals surface area (Å²) in [7, 11) is 0. The topological polar surface area (TPSA) is 62.3 Å². The normalized spacial score (nSPS) is 15.6. The molecule has 2 heterocycles. The Morgan fingerprint density at radius 1 is 1.15 bits per heavy atom. The summed E-state index contributed by atoms with van der Waals surface area (Å²) < 4.78 is 0. The lowest BCUT2D eigenvalue weighted by atomic mass is 9.88. The number of nitrogens with one attached hydrogen (secondary N) is 1. The molecule has 3 rings (SSSR count). The minimum Gasteiger partial charge on any atom is -0.351 e. The number of hydrogen-bond acceptors (Lipinski definition) is 4. The molecule has 26 heavy (non-hydrogen) atoms. The van der Waals surface area contributed by atoms with Gasteiger partial charge in [-0.1, -0.05) is 35.9 Å². The molecule has 0 radical (unpaired) electrons. The van der Waals surface area contributed by atoms with Crippen LogP contribution >= 0.6 is 0 Å². The monoisotopic (exact) mass is 351 g/mol. The van der Waals surface area contributed by atoms with Crippen LogP contribution in [-0.4, -0.2) is 41.2 Å². The smallest absolute Gasteiger partial charge is 0.234 e. The first kappa shape index (κ1) is 18.3. The van der Waals surface area contributed by atoms with E-state index in [1.54, 1.807) is 12.4 Å². The number of pyridine rings is 1. The van der Waals surface area contributed by atoms with E-state index in [9.17, 15) is 9.59 Å². The molecular formula is C21H25N3O2. The Kier molecular flexibility index (Phi) is 6.12. The van der Waals surface area contributed by atoms with Crippen LogP contribution in [0.2, 0.25) is 0 Å². The van der Waals surface area contributed by atoms with Gasteiger partial charge in [-0.3, -0.25) is 19.5 Å². The number of carbonyl (C=O) groups excluding carboxylic acids is 2. The highest BCUT2D eigenvalue weighted by atomic mass is 16.2. The fourth-order valence-electron chi connectivity index (χ4n) is 3.27. The van der Waals surface area contributed by atoms with Crippen molar-refractivity contribution in [1.29, 1.82) is 0 Å². The summed E-state index contributed by atoms with van der Waals surface area (Å²) in [4.78, 5) is 30.9. The van der Waals surface area contributed by atoms with Gasteiger partial charge in [0.25, 0.3) is 0 Å². The third-order valence-corrected chi connectivity index (χ3v) is 4.87. The molecule has 0 unspecified atom stereocenters. The summed E-state index contributed by atoms with van der Waals surface area (Å²) in [6.45, 7) is 4.46. The van der Waals surface area contributed by atoms with Crippen molar-refractivity contribution in [2.45, 2.75) is 26.3 Å². The SMILES string of the molecule is Cc1ccc(C(=O)C2CCN(CC(=O)NCc3cccnc3)CC2)cc1. The van der Waals surface area contributed by atoms with Crippen molar-refractivity contribution in [3.05, 3.63) is 65.5 Å². The minimum absolute atomic E-state index is 0.0113. The van der Waals surface area contributed by atoms with E-state index in [1.165, 1.54) is 0 Å². The number of amides is 1. The summed E-state index contributed by atoms with van der Waals surface area (Å²) in [5.74, 6) is 0.301. The van der Waals surface area contributed by atoms with Crippen LogP contribution in [-0.2, 0) is 11.3 Å². The number of ketones is 1. The van der Waals surface area contributed by atoms with Crippen LogP contribution in [0.5, 0.6) is 0 Å². The van der Waals surface area contributed by atoms with Gasteiger partial charge in [-0.15, -0.1) is 0 Å². The van der Waals surface area contributed by atoms with Crippen molar-refractivity contribution in [3.63, 3.8) is 0 Å². The number of piperidine rings is 1. The molecule has 1 aliphatic rings. The maximum Gasteiger partial charge on any atom is 0.234 e. The molecule has 136 valence electrons. The second kappa shape index (κ2) is 8.72. The number of rotatable bonds is 6. The van der Waals surface area contributed by atoms with E-state index in [2.05, 4.69) is 15.2 Å². The van der Waals surface area contributed by atoms with E-state index < -0.39 is 0 Å². The molecule has 1 fully saturated rings. The van der Waals surface area contributed by atoms with Gasteiger partial charge in [0.2, 0.25) is 5.91 Å². The van der Waals surface area contributed by atoms with Gasteiger partial charge in [0.15, 0.2) is 5.78 Å². The lowest BCUT2D eigenvalue weighted by molar-refractivity contribution is -0.122. The largest absolute Gasteiger partial charge is 0.351 e. The van der Waals surface area contributed by atoms with Crippen LogP contribution in [0.25, 0.3) is 0 Å². The van der Waals surface area contributed by atoms with E-state index in [0.717, 1.165) is 42.6 Å². The average Bonchev–Trinajstić information content (AvgIpc) is 2.68. The maximum atomic E-state index is 12.6. The molecule has 0 spiro atoms. The highest BCUT2D eigenvalue weighted by Gasteiger charge is 2.26. The standard InChI is InChI=1S/C21H25N3O2/c1-16-4-6-18(7-5-16)21(26)19-8-11-24(12-9-19)15-20(25)23-14-17-3-2-10-22-13-17/h2-7,10,13,19H,8-9,11-12,14-15H2,1H3,(H,23,25). The zero-order valence-electron chi connectivity index (χ0n) is 15.1. The number of aryl methyl sites for hydroxylation is 1. The van der Waals surface area contributed by atoms with Crippen LogP contribution in [0.4, 0.5) is 0 Å². The number of carbonyl (C=O) groups is 2. The Hall–Kier alpha value is -2.53. The number of Topliss-reactive ketones (excluding diaryl/α,β-unsaturated/α-hetero) is 1. The van der Waals surface area contributed by atoms with Crippen LogP contribution in [0.1, 0.15) is 34.3 Å². The summed E-state index contributed by atoms with van der Waals surface area (Å²) in [6.07, 6.45) is 5.08. The van der Waals surface area contributed by atoms with Crippen LogP contribution in [0, 0.1) is 12.8 Å². The van der Waals surface area contributed by atoms with Gasteiger partial charge in [-0.2, -0.15) is 0 Å². The van der Waals surface area contributed by atoms with Crippen molar-refractivity contribution >= 4 is 11.7 Å². The molecule has 0 atom stereocenters. The fraction of sp³-hybridized carbons (Fsp3) is 0.381. The first-order chi connectivity index (χ1) is 12.6. The number of nitrogens with zero attached hydrogens (tertiary/aromatic N) is 2. The molecule has 1 aromatic heterocycles. The lowest BCUT2D eigenvalue weighted by Crippen LogP contribution is -2.42. The molecule has 1 amide bonds. The molecule has 1 aromatic carbocycles. The third kappa shape index (κ3) is 4.99. The van der Waals surface area contributed by atoms with Crippen molar-refractivity contribution in [2.24, 2.45) is 5.92 Å². The average molecular weight is 351 g/mol. The number of aromatic nitrogens is 1. The lowest BCUT2D eigenvalue weighted by Gasteiger charge is -2.30. The molecule has 0 saturated carbocycles. The summed E-state index contributed by atoms with van der Waals surface area (Å²) in [5, 5.41) is 2.92. The van der Waals surface area contributed by atoms with Crippen molar-refractivity contribution < 1.29 is 9.59 Å². The molecule has 0 aliphatic carbocycles. The summed E-state index contributed by atoms with van der Waals surface area (Å²) in [6, 6.07) is 11.6. The Labute approximate surface area is 154 Å². The highest BCUT2D eigenvalue weighted by Crippen LogP contribution is 2.22. The molecule has 5 nitrogen and oxygen atoms in total. The van der Waals surface area contributed by atoms with Crippen LogP contribution < -0.4 is 5.32 Å². The number of likely N-dealkylation sites (tertiary alicyclic amines) is 1. The zero-order chi connectivity index (χ0) is 18.4. The van der Waals surface area contributed by atoms with Crippen molar-refractivity contribution in [3.8, 4) is 0 Å². The van der Waals surface area contributed by atoms with Crippen LogP contribution in [0.15, 0.2) is 48.8 Å². The molecule has 2 aromatic rings. The Morgan fingerprint density at radius 2 is 1.88 bits per heavy atom. The van der Waals surface area contributed by atoms with E-state index in [1.807, 2.05) is 43.3 Å². The predicted octanol–water partition coefficient (Wildman–Crippen LogP) is 2.60. The Morgan fingerprint density at radius 3 is 2.54 bits per heavy atom. The van der Waals surface area contributed by atoms with Gasteiger partial charge in [0.1, 0.15) is 0 Å². The number of hydrogen-bond donors (Lipinski definition) is 1. The van der Waals surface area contributed by atoms with E-state index in [-0.39, 0.29) is 17.6 Å². The first-order valence-corrected chi connectivity index (χ1v) is 9.10. The van der Waals surface area contributed by atoms with Crippen molar-refractivity contribution in [2.75, 3.05) is 19.6 Å². The fourth-order valence-corrected chi connectivity index (χ4v) is 3.27. The van der Waals surface area contributed by atoms with Gasteiger partial charge in [-0.25, -0.2) is 0 Å². The summed E-state index contributed by atoms with van der Waals surface area (Å²) >= 11 is 0. The molecule has 5 heteroatoms. The second-order valence-electron chi connectivity index (χ2n) is 6.92. The Balaban J connectivity index is 1.42. The van der Waals surface area contributed by atoms with Gasteiger partial charge in [0.05, 0.1) is 6.54 Å². The quantitative estimate of drug-likeness (QED) is 0.813. The van der Waals surface area contributed by atoms with E-state index >= 15 is 0 Å². The van der Waals surface area contributed by atoms with E-state index in [0.29, 0.717) is 13.1 Å². The second-order valence-corrected chi connectivity index (χ2v) is 6.92. The molecular weight excluding hydrogens is 326 g/mol. The molecule has 0 bridgehead atoms. The van der Waals surface area contributed by atoms with Gasteiger partial charge >= 0.3 is 0 Å². The minimum atomic E-state index is 0.0113. The zero-order valence-corrected chi connectivity index (χ0v) is 15.1. The maximum absolute atomic E-state index is 12.6. The predicted molar refractivity (Wildman–Crippen MR) is 101 cm³/mol. The van der Waals surface area contributed by atoms with Crippen molar-refractivity contribution in [1.82, 2.24) is 15.2 Å².